The molecule has 0 bridgehead atoms. The molecule has 1 fully saturated rings. The van der Waals surface area contributed by atoms with E-state index in [1.165, 1.54) is 19.3 Å². The standard InChI is InChI=1S/C20H27N3O3/c1-2-25-17-10-8-16(9-11-17)22-20(24)21-15-18(19-7-6-14-26-19)23-12-4-3-5-13-23/h6-11,14,18H,2-5,12-13,15H2,1H3,(H2,21,22,24). The Labute approximate surface area is 154 Å². The lowest BCUT2D eigenvalue weighted by molar-refractivity contribution is 0.144. The summed E-state index contributed by atoms with van der Waals surface area (Å²) in [5.74, 6) is 1.69. The second-order valence-corrected chi connectivity index (χ2v) is 6.42. The summed E-state index contributed by atoms with van der Waals surface area (Å²) < 4.78 is 11.0. The maximum absolute atomic E-state index is 12.3. The summed E-state index contributed by atoms with van der Waals surface area (Å²) in [6, 6.07) is 11.1. The predicted octanol–water partition coefficient (Wildman–Crippen LogP) is 4.03. The molecule has 3 rings (SSSR count). The normalized spacial score (nSPS) is 16.0. The number of nitrogens with zero attached hydrogens (tertiary/aromatic N) is 1. The van der Waals surface area contributed by atoms with Crippen LogP contribution in [0.25, 0.3) is 0 Å². The molecule has 2 heterocycles. The Morgan fingerprint density at radius 1 is 1.19 bits per heavy atom. The van der Waals surface area contributed by atoms with Gasteiger partial charge < -0.3 is 19.8 Å². The second-order valence-electron chi connectivity index (χ2n) is 6.42. The van der Waals surface area contributed by atoms with Crippen molar-refractivity contribution in [1.29, 1.82) is 0 Å². The Balaban J connectivity index is 1.55. The van der Waals surface area contributed by atoms with Crippen molar-refractivity contribution < 1.29 is 13.9 Å². The molecule has 2 amide bonds. The Morgan fingerprint density at radius 3 is 2.62 bits per heavy atom. The number of nitrogens with one attached hydrogen (secondary N) is 2. The van der Waals surface area contributed by atoms with Crippen molar-refractivity contribution in [2.24, 2.45) is 0 Å². The molecule has 0 aliphatic carbocycles. The van der Waals surface area contributed by atoms with Gasteiger partial charge in [0.15, 0.2) is 0 Å². The Morgan fingerprint density at radius 2 is 1.96 bits per heavy atom. The van der Waals surface area contributed by atoms with Gasteiger partial charge in [-0.05, 0) is 69.3 Å². The molecular weight excluding hydrogens is 330 g/mol. The van der Waals surface area contributed by atoms with Crippen LogP contribution < -0.4 is 15.4 Å². The Hall–Kier alpha value is -2.47. The minimum Gasteiger partial charge on any atom is -0.494 e. The van der Waals surface area contributed by atoms with E-state index in [4.69, 9.17) is 9.15 Å². The number of furan rings is 1. The topological polar surface area (TPSA) is 66.7 Å². The van der Waals surface area contributed by atoms with Crippen molar-refractivity contribution in [1.82, 2.24) is 10.2 Å². The maximum Gasteiger partial charge on any atom is 0.319 e. The SMILES string of the molecule is CCOc1ccc(NC(=O)NCC(c2ccco2)N2CCCCC2)cc1. The number of piperidine rings is 1. The number of urea groups is 1. The Bertz CT molecular complexity index is 664. The smallest absolute Gasteiger partial charge is 0.319 e. The summed E-state index contributed by atoms with van der Waals surface area (Å²) >= 11 is 0. The molecule has 1 saturated heterocycles. The van der Waals surface area contributed by atoms with Crippen LogP contribution >= 0.6 is 0 Å². The van der Waals surface area contributed by atoms with E-state index >= 15 is 0 Å². The summed E-state index contributed by atoms with van der Waals surface area (Å²) in [6.45, 7) is 5.15. The number of amides is 2. The van der Waals surface area contributed by atoms with Crippen LogP contribution in [0.4, 0.5) is 10.5 Å². The fraction of sp³-hybridized carbons (Fsp3) is 0.450. The van der Waals surface area contributed by atoms with Gasteiger partial charge in [0, 0.05) is 12.2 Å². The number of carbonyl (C=O) groups excluding carboxylic acids is 1. The molecule has 1 aliphatic rings. The lowest BCUT2D eigenvalue weighted by atomic mass is 10.1. The molecule has 1 aromatic heterocycles. The first-order valence-electron chi connectivity index (χ1n) is 9.31. The number of rotatable bonds is 7. The minimum absolute atomic E-state index is 0.0661. The van der Waals surface area contributed by atoms with Gasteiger partial charge in [-0.3, -0.25) is 4.90 Å². The van der Waals surface area contributed by atoms with E-state index < -0.39 is 0 Å². The summed E-state index contributed by atoms with van der Waals surface area (Å²) in [4.78, 5) is 14.7. The van der Waals surface area contributed by atoms with E-state index in [2.05, 4.69) is 15.5 Å². The molecule has 0 saturated carbocycles. The monoisotopic (exact) mass is 357 g/mol. The summed E-state index contributed by atoms with van der Waals surface area (Å²) in [5, 5.41) is 5.83. The fourth-order valence-electron chi connectivity index (χ4n) is 3.29. The molecule has 6 heteroatoms. The summed E-state index contributed by atoms with van der Waals surface area (Å²) in [5.41, 5.74) is 0.735. The average molecular weight is 357 g/mol. The van der Waals surface area contributed by atoms with Gasteiger partial charge in [-0.15, -0.1) is 0 Å². The highest BCUT2D eigenvalue weighted by molar-refractivity contribution is 5.89. The van der Waals surface area contributed by atoms with Crippen molar-refractivity contribution >= 4 is 11.7 Å². The van der Waals surface area contributed by atoms with Crippen molar-refractivity contribution in [3.8, 4) is 5.75 Å². The van der Waals surface area contributed by atoms with Gasteiger partial charge in [-0.25, -0.2) is 4.79 Å². The van der Waals surface area contributed by atoms with Crippen LogP contribution in [-0.4, -0.2) is 37.2 Å². The van der Waals surface area contributed by atoms with Crippen LogP contribution in [0.5, 0.6) is 5.75 Å². The molecule has 0 spiro atoms. The minimum atomic E-state index is -0.220. The summed E-state index contributed by atoms with van der Waals surface area (Å²) in [6.07, 6.45) is 5.34. The van der Waals surface area contributed by atoms with Crippen LogP contribution in [0.15, 0.2) is 47.1 Å². The van der Waals surface area contributed by atoms with E-state index in [0.29, 0.717) is 13.2 Å². The molecular formula is C20H27N3O3. The number of hydrogen-bond donors (Lipinski definition) is 2. The molecule has 2 N–H and O–H groups in total. The average Bonchev–Trinajstić information content (AvgIpc) is 3.19. The molecule has 1 unspecified atom stereocenters. The summed E-state index contributed by atoms with van der Waals surface area (Å²) in [7, 11) is 0. The molecule has 1 atom stereocenters. The van der Waals surface area contributed by atoms with Crippen molar-refractivity contribution in [3.05, 3.63) is 48.4 Å². The predicted molar refractivity (Wildman–Crippen MR) is 102 cm³/mol. The van der Waals surface area contributed by atoms with Gasteiger partial charge in [0.1, 0.15) is 11.5 Å². The zero-order valence-electron chi connectivity index (χ0n) is 15.2. The molecule has 2 aromatic rings. The van der Waals surface area contributed by atoms with Crippen molar-refractivity contribution in [2.45, 2.75) is 32.2 Å². The van der Waals surface area contributed by atoms with Gasteiger partial charge in [0.25, 0.3) is 0 Å². The number of benzene rings is 1. The molecule has 0 radical (unpaired) electrons. The van der Waals surface area contributed by atoms with E-state index in [9.17, 15) is 4.79 Å². The molecule has 26 heavy (non-hydrogen) atoms. The third-order valence-corrected chi connectivity index (χ3v) is 4.58. The van der Waals surface area contributed by atoms with Crippen LogP contribution in [-0.2, 0) is 0 Å². The maximum atomic E-state index is 12.3. The quantitative estimate of drug-likeness (QED) is 0.785. The number of anilines is 1. The lowest BCUT2D eigenvalue weighted by Gasteiger charge is -2.33. The molecule has 1 aromatic carbocycles. The van der Waals surface area contributed by atoms with Gasteiger partial charge in [-0.2, -0.15) is 0 Å². The first-order chi connectivity index (χ1) is 12.8. The number of ether oxygens (including phenoxy) is 1. The zero-order chi connectivity index (χ0) is 18.2. The van der Waals surface area contributed by atoms with Crippen LogP contribution in [0.2, 0.25) is 0 Å². The first-order valence-corrected chi connectivity index (χ1v) is 9.31. The highest BCUT2D eigenvalue weighted by Crippen LogP contribution is 2.24. The second kappa shape index (κ2) is 9.29. The van der Waals surface area contributed by atoms with Crippen LogP contribution in [0, 0.1) is 0 Å². The number of carbonyl (C=O) groups is 1. The third kappa shape index (κ3) is 5.02. The number of hydrogen-bond acceptors (Lipinski definition) is 4. The van der Waals surface area contributed by atoms with E-state index in [-0.39, 0.29) is 12.1 Å². The zero-order valence-corrected chi connectivity index (χ0v) is 15.2. The van der Waals surface area contributed by atoms with Crippen molar-refractivity contribution in [3.63, 3.8) is 0 Å². The van der Waals surface area contributed by atoms with Gasteiger partial charge in [-0.1, -0.05) is 6.42 Å². The lowest BCUT2D eigenvalue weighted by Crippen LogP contribution is -2.41. The van der Waals surface area contributed by atoms with E-state index in [1.54, 1.807) is 6.26 Å². The van der Waals surface area contributed by atoms with Gasteiger partial charge in [0.05, 0.1) is 18.9 Å². The van der Waals surface area contributed by atoms with E-state index in [0.717, 1.165) is 30.3 Å². The van der Waals surface area contributed by atoms with Gasteiger partial charge >= 0.3 is 6.03 Å². The van der Waals surface area contributed by atoms with Gasteiger partial charge in [0.2, 0.25) is 0 Å². The third-order valence-electron chi connectivity index (χ3n) is 4.58. The largest absolute Gasteiger partial charge is 0.494 e. The molecule has 6 nitrogen and oxygen atoms in total. The highest BCUT2D eigenvalue weighted by Gasteiger charge is 2.24. The van der Waals surface area contributed by atoms with E-state index in [1.807, 2.05) is 43.3 Å². The molecule has 140 valence electrons. The van der Waals surface area contributed by atoms with Crippen LogP contribution in [0.3, 0.4) is 0 Å². The first kappa shape index (κ1) is 18.3. The van der Waals surface area contributed by atoms with Crippen LogP contribution in [0.1, 0.15) is 38.0 Å². The van der Waals surface area contributed by atoms with Crippen molar-refractivity contribution in [2.75, 3.05) is 31.6 Å². The highest BCUT2D eigenvalue weighted by atomic mass is 16.5. The number of likely N-dealkylation sites (tertiary alicyclic amines) is 1. The molecule has 1 aliphatic heterocycles. The Kier molecular flexibility index (Phi) is 6.55. The fourth-order valence-corrected chi connectivity index (χ4v) is 3.29.